The summed E-state index contributed by atoms with van der Waals surface area (Å²) in [6.45, 7) is 2.06. The maximum Gasteiger partial charge on any atom is 0.146 e. The van der Waals surface area contributed by atoms with Crippen LogP contribution in [0.4, 0.5) is 0 Å². The lowest BCUT2D eigenvalue weighted by atomic mass is 9.63. The van der Waals surface area contributed by atoms with Crippen LogP contribution in [0.5, 0.6) is 5.75 Å². The van der Waals surface area contributed by atoms with Crippen LogP contribution in [0.25, 0.3) is 0 Å². The second-order valence-corrected chi connectivity index (χ2v) is 5.41. The molecule has 0 aromatic heterocycles. The molecule has 0 amide bonds. The maximum atomic E-state index is 11.8. The van der Waals surface area contributed by atoms with Crippen molar-refractivity contribution in [3.63, 3.8) is 0 Å². The highest BCUT2D eigenvalue weighted by atomic mass is 16.5. The molecule has 2 aliphatic carbocycles. The number of aryl methyl sites for hydroxylation is 1. The molecule has 17 heavy (non-hydrogen) atoms. The zero-order valence-electron chi connectivity index (χ0n) is 10.2. The molecule has 2 aliphatic rings. The number of benzene rings is 1. The molecule has 1 atom stereocenters. The van der Waals surface area contributed by atoms with Crippen LogP contribution >= 0.6 is 0 Å². The molecule has 1 spiro atoms. The van der Waals surface area contributed by atoms with Gasteiger partial charge in [0.15, 0.2) is 0 Å². The molecular weight excluding hydrogens is 212 g/mol. The van der Waals surface area contributed by atoms with Crippen molar-refractivity contribution in [1.29, 1.82) is 0 Å². The number of ketones is 1. The highest BCUT2D eigenvalue weighted by Gasteiger charge is 2.57. The first-order chi connectivity index (χ1) is 8.21. The standard InChI is InChI=1S/C15H18O2/c1-11-4-6-12(7-5-11)17-14-10-13(16)15(14)8-2-3-9-15/h4-7,14H,2-3,8-10H2,1H3. The minimum absolute atomic E-state index is 0.120. The molecule has 2 nitrogen and oxygen atoms in total. The lowest BCUT2D eigenvalue weighted by Crippen LogP contribution is -2.55. The highest BCUT2D eigenvalue weighted by molar-refractivity contribution is 5.92. The van der Waals surface area contributed by atoms with Crippen molar-refractivity contribution in [2.45, 2.75) is 45.1 Å². The predicted molar refractivity (Wildman–Crippen MR) is 66.1 cm³/mol. The summed E-state index contributed by atoms with van der Waals surface area (Å²) >= 11 is 0. The van der Waals surface area contributed by atoms with E-state index < -0.39 is 0 Å². The first-order valence-corrected chi connectivity index (χ1v) is 6.47. The SMILES string of the molecule is Cc1ccc(OC2CC(=O)C23CCCC3)cc1. The second-order valence-electron chi connectivity index (χ2n) is 5.41. The van der Waals surface area contributed by atoms with E-state index in [-0.39, 0.29) is 11.5 Å². The average Bonchev–Trinajstić information content (AvgIpc) is 2.83. The van der Waals surface area contributed by atoms with E-state index in [4.69, 9.17) is 4.74 Å². The normalized spacial score (nSPS) is 25.9. The third-order valence-electron chi connectivity index (χ3n) is 4.34. The molecule has 1 aromatic carbocycles. The van der Waals surface area contributed by atoms with Crippen molar-refractivity contribution in [1.82, 2.24) is 0 Å². The third kappa shape index (κ3) is 1.67. The van der Waals surface area contributed by atoms with Crippen LogP contribution in [0.15, 0.2) is 24.3 Å². The van der Waals surface area contributed by atoms with Crippen molar-refractivity contribution in [3.8, 4) is 5.75 Å². The molecule has 0 saturated heterocycles. The summed E-state index contributed by atoms with van der Waals surface area (Å²) < 4.78 is 5.99. The van der Waals surface area contributed by atoms with E-state index in [1.165, 1.54) is 18.4 Å². The molecule has 2 fully saturated rings. The first kappa shape index (κ1) is 10.8. The van der Waals surface area contributed by atoms with E-state index in [2.05, 4.69) is 19.1 Å². The Bertz CT molecular complexity index is 427. The third-order valence-corrected chi connectivity index (χ3v) is 4.34. The Labute approximate surface area is 102 Å². The van der Waals surface area contributed by atoms with Crippen LogP contribution in [-0.4, -0.2) is 11.9 Å². The zero-order chi connectivity index (χ0) is 11.9. The van der Waals surface area contributed by atoms with Gasteiger partial charge < -0.3 is 4.74 Å². The van der Waals surface area contributed by atoms with Gasteiger partial charge in [0, 0.05) is 6.42 Å². The summed E-state index contributed by atoms with van der Waals surface area (Å²) in [6.07, 6.45) is 5.15. The monoisotopic (exact) mass is 230 g/mol. The van der Waals surface area contributed by atoms with Crippen LogP contribution in [0.2, 0.25) is 0 Å². The predicted octanol–water partition coefficient (Wildman–Crippen LogP) is 3.28. The molecule has 2 heteroatoms. The molecule has 3 rings (SSSR count). The Balaban J connectivity index is 1.74. The lowest BCUT2D eigenvalue weighted by molar-refractivity contribution is -0.151. The molecule has 90 valence electrons. The number of carbonyl (C=O) groups is 1. The molecule has 0 aliphatic heterocycles. The van der Waals surface area contributed by atoms with Gasteiger partial charge in [0.1, 0.15) is 17.6 Å². The largest absolute Gasteiger partial charge is 0.489 e. The molecule has 1 aromatic rings. The molecule has 2 saturated carbocycles. The lowest BCUT2D eigenvalue weighted by Gasteiger charge is -2.44. The Morgan fingerprint density at radius 3 is 2.41 bits per heavy atom. The van der Waals surface area contributed by atoms with Gasteiger partial charge in [-0.25, -0.2) is 0 Å². The Morgan fingerprint density at radius 2 is 1.82 bits per heavy atom. The number of hydrogen-bond donors (Lipinski definition) is 0. The number of Topliss-reactive ketones (excluding diaryl/α,β-unsaturated/α-hetero) is 1. The van der Waals surface area contributed by atoms with Gasteiger partial charge in [-0.3, -0.25) is 4.79 Å². The van der Waals surface area contributed by atoms with Gasteiger partial charge in [-0.15, -0.1) is 0 Å². The van der Waals surface area contributed by atoms with Gasteiger partial charge in [0.25, 0.3) is 0 Å². The smallest absolute Gasteiger partial charge is 0.146 e. The van der Waals surface area contributed by atoms with Gasteiger partial charge in [-0.05, 0) is 31.9 Å². The fraction of sp³-hybridized carbons (Fsp3) is 0.533. The van der Waals surface area contributed by atoms with E-state index in [0.29, 0.717) is 12.2 Å². The zero-order valence-corrected chi connectivity index (χ0v) is 10.2. The van der Waals surface area contributed by atoms with Crippen LogP contribution in [0.1, 0.15) is 37.7 Å². The summed E-state index contributed by atoms with van der Waals surface area (Å²) in [5.41, 5.74) is 1.11. The fourth-order valence-electron chi connectivity index (χ4n) is 3.16. The van der Waals surface area contributed by atoms with Crippen LogP contribution in [0, 0.1) is 12.3 Å². The number of hydrogen-bond acceptors (Lipinski definition) is 2. The van der Waals surface area contributed by atoms with Gasteiger partial charge in [0.05, 0.1) is 5.41 Å². The van der Waals surface area contributed by atoms with Crippen LogP contribution in [-0.2, 0) is 4.79 Å². The summed E-state index contributed by atoms with van der Waals surface area (Å²) in [6, 6.07) is 8.11. The molecular formula is C15H18O2. The highest BCUT2D eigenvalue weighted by Crippen LogP contribution is 2.51. The Kier molecular flexibility index (Phi) is 2.46. The summed E-state index contributed by atoms with van der Waals surface area (Å²) in [4.78, 5) is 11.8. The number of ether oxygens (including phenoxy) is 1. The van der Waals surface area contributed by atoms with E-state index in [1.54, 1.807) is 0 Å². The summed E-state index contributed by atoms with van der Waals surface area (Å²) in [5.74, 6) is 1.33. The minimum Gasteiger partial charge on any atom is -0.489 e. The van der Waals surface area contributed by atoms with Gasteiger partial charge >= 0.3 is 0 Å². The van der Waals surface area contributed by atoms with Crippen molar-refractivity contribution in [2.75, 3.05) is 0 Å². The van der Waals surface area contributed by atoms with Crippen molar-refractivity contribution >= 4 is 5.78 Å². The topological polar surface area (TPSA) is 26.3 Å². The number of carbonyl (C=O) groups excluding carboxylic acids is 1. The molecule has 0 radical (unpaired) electrons. The van der Waals surface area contributed by atoms with Crippen molar-refractivity contribution in [2.24, 2.45) is 5.41 Å². The van der Waals surface area contributed by atoms with Gasteiger partial charge in [0.2, 0.25) is 0 Å². The van der Waals surface area contributed by atoms with E-state index in [1.807, 2.05) is 12.1 Å². The van der Waals surface area contributed by atoms with Gasteiger partial charge in [-0.2, -0.15) is 0 Å². The summed E-state index contributed by atoms with van der Waals surface area (Å²) in [5, 5.41) is 0. The maximum absolute atomic E-state index is 11.8. The van der Waals surface area contributed by atoms with Crippen molar-refractivity contribution in [3.05, 3.63) is 29.8 Å². The minimum atomic E-state index is -0.120. The van der Waals surface area contributed by atoms with Crippen LogP contribution in [0.3, 0.4) is 0 Å². The molecule has 0 bridgehead atoms. The molecule has 0 N–H and O–H groups in total. The summed E-state index contributed by atoms with van der Waals surface area (Å²) in [7, 11) is 0. The molecule has 0 heterocycles. The first-order valence-electron chi connectivity index (χ1n) is 6.47. The van der Waals surface area contributed by atoms with Crippen LogP contribution < -0.4 is 4.74 Å². The Morgan fingerprint density at radius 1 is 1.18 bits per heavy atom. The van der Waals surface area contributed by atoms with Gasteiger partial charge in [-0.1, -0.05) is 30.5 Å². The fourth-order valence-corrected chi connectivity index (χ4v) is 3.16. The van der Waals surface area contributed by atoms with E-state index in [9.17, 15) is 4.79 Å². The van der Waals surface area contributed by atoms with E-state index >= 15 is 0 Å². The quantitative estimate of drug-likeness (QED) is 0.779. The van der Waals surface area contributed by atoms with E-state index in [0.717, 1.165) is 18.6 Å². The van der Waals surface area contributed by atoms with Crippen molar-refractivity contribution < 1.29 is 9.53 Å². The number of rotatable bonds is 2. The Hall–Kier alpha value is -1.31. The average molecular weight is 230 g/mol. The molecule has 1 unspecified atom stereocenters. The second kappa shape index (κ2) is 3.86.